The lowest BCUT2D eigenvalue weighted by atomic mass is 10.5. The molecule has 0 aromatic carbocycles. The monoisotopic (exact) mass is 99.0 g/mol. The van der Waals surface area contributed by atoms with Crippen molar-refractivity contribution < 1.29 is 0 Å². The van der Waals surface area contributed by atoms with Crippen LogP contribution in [-0.4, -0.2) is 0 Å². The quantitative estimate of drug-likeness (QED) is 0.390. The van der Waals surface area contributed by atoms with Crippen molar-refractivity contribution in [2.75, 3.05) is 0 Å². The van der Waals surface area contributed by atoms with Crippen LogP contribution < -0.4 is 0 Å². The van der Waals surface area contributed by atoms with Crippen LogP contribution in [0.4, 0.5) is 0 Å². The molecule has 0 aliphatic rings. The van der Waals surface area contributed by atoms with Gasteiger partial charge in [-0.25, -0.2) is 0 Å². The topological polar surface area (TPSA) is 0 Å². The summed E-state index contributed by atoms with van der Waals surface area (Å²) in [6.07, 6.45) is 7.13. The van der Waals surface area contributed by atoms with Crippen molar-refractivity contribution in [3.05, 3.63) is 12.7 Å². The van der Waals surface area contributed by atoms with Crippen LogP contribution in [0.3, 0.4) is 0 Å². The van der Waals surface area contributed by atoms with Gasteiger partial charge in [-0.1, -0.05) is 12.5 Å². The van der Waals surface area contributed by atoms with Crippen LogP contribution in [0, 0.1) is 42.1 Å². The normalized spacial score (nSPS) is 3.88. The van der Waals surface area contributed by atoms with E-state index < -0.39 is 0 Å². The SMILES string of the molecule is C#CC#CC#C[C]=C. The molecule has 0 unspecified atom stereocenters. The maximum atomic E-state index is 4.78. The molecule has 0 N–H and O–H groups in total. The fraction of sp³-hybridized carbons (Fsp3) is 0. The molecule has 0 aromatic heterocycles. The minimum Gasteiger partial charge on any atom is -0.106 e. The van der Waals surface area contributed by atoms with E-state index in [4.69, 9.17) is 6.42 Å². The highest BCUT2D eigenvalue weighted by molar-refractivity contribution is 5.34. The zero-order valence-electron chi connectivity index (χ0n) is 4.28. The zero-order valence-corrected chi connectivity index (χ0v) is 4.28. The summed E-state index contributed by atoms with van der Waals surface area (Å²) >= 11 is 0. The molecule has 0 atom stereocenters. The summed E-state index contributed by atoms with van der Waals surface area (Å²) < 4.78 is 0. The van der Waals surface area contributed by atoms with Gasteiger partial charge in [0.15, 0.2) is 0 Å². The van der Waals surface area contributed by atoms with Crippen LogP contribution in [0.25, 0.3) is 0 Å². The van der Waals surface area contributed by atoms with Gasteiger partial charge in [0, 0.05) is 6.08 Å². The predicted octanol–water partition coefficient (Wildman–Crippen LogP) is 0.616. The molecule has 35 valence electrons. The second-order valence-electron chi connectivity index (χ2n) is 0.821. The van der Waals surface area contributed by atoms with E-state index in [0.29, 0.717) is 0 Å². The molecule has 0 aromatic rings. The molecule has 0 spiro atoms. The van der Waals surface area contributed by atoms with E-state index in [0.717, 1.165) is 0 Å². The molecule has 0 bridgehead atoms. The molecule has 0 heteroatoms. The van der Waals surface area contributed by atoms with Crippen LogP contribution in [-0.2, 0) is 0 Å². The Hall–Kier alpha value is -1.58. The highest BCUT2D eigenvalue weighted by atomic mass is 13.5. The summed E-state index contributed by atoms with van der Waals surface area (Å²) in [5, 5.41) is 0. The van der Waals surface area contributed by atoms with Crippen LogP contribution in [0.2, 0.25) is 0 Å². The van der Waals surface area contributed by atoms with Gasteiger partial charge in [0.2, 0.25) is 0 Å². The molecule has 0 amide bonds. The molecule has 0 saturated heterocycles. The van der Waals surface area contributed by atoms with Gasteiger partial charge < -0.3 is 0 Å². The average molecular weight is 99.1 g/mol. The number of allylic oxidation sites excluding steroid dienone is 1. The Morgan fingerprint density at radius 1 is 1.00 bits per heavy atom. The minimum absolute atomic E-state index is 2.11. The third-order valence-electron chi connectivity index (χ3n) is 0.348. The Bertz CT molecular complexity index is 217. The summed E-state index contributed by atoms with van der Waals surface area (Å²) in [5.41, 5.74) is 0. The number of rotatable bonds is 0. The van der Waals surface area contributed by atoms with E-state index in [2.05, 4.69) is 42.3 Å². The van der Waals surface area contributed by atoms with Crippen molar-refractivity contribution in [1.82, 2.24) is 0 Å². The molecule has 0 fully saturated rings. The Morgan fingerprint density at radius 3 is 2.12 bits per heavy atom. The van der Waals surface area contributed by atoms with E-state index in [1.807, 2.05) is 0 Å². The first-order chi connectivity index (χ1) is 3.91. The second kappa shape index (κ2) is 5.42. The molecule has 0 heterocycles. The Morgan fingerprint density at radius 2 is 1.62 bits per heavy atom. The van der Waals surface area contributed by atoms with E-state index in [9.17, 15) is 0 Å². The van der Waals surface area contributed by atoms with Crippen LogP contribution in [0.1, 0.15) is 0 Å². The van der Waals surface area contributed by atoms with Gasteiger partial charge in [0.25, 0.3) is 0 Å². The van der Waals surface area contributed by atoms with Gasteiger partial charge in [0.05, 0.1) is 0 Å². The maximum absolute atomic E-state index is 4.78. The molecule has 0 saturated carbocycles. The van der Waals surface area contributed by atoms with Crippen molar-refractivity contribution in [3.8, 4) is 36.0 Å². The number of hydrogen-bond donors (Lipinski definition) is 0. The molecule has 0 aliphatic heterocycles. The lowest BCUT2D eigenvalue weighted by Gasteiger charge is -1.51. The largest absolute Gasteiger partial charge is 0.106 e. The van der Waals surface area contributed by atoms with Crippen molar-refractivity contribution in [2.24, 2.45) is 0 Å². The fourth-order valence-electron chi connectivity index (χ4n) is 0.143. The average Bonchev–Trinajstić information content (AvgIpc) is 1.81. The predicted molar refractivity (Wildman–Crippen MR) is 33.3 cm³/mol. The summed E-state index contributed by atoms with van der Waals surface area (Å²) in [7, 11) is 0. The molecular weight excluding hydrogens is 96.1 g/mol. The van der Waals surface area contributed by atoms with Crippen LogP contribution >= 0.6 is 0 Å². The highest BCUT2D eigenvalue weighted by Gasteiger charge is 1.49. The summed E-state index contributed by atoms with van der Waals surface area (Å²) in [6.45, 7) is 3.24. The first kappa shape index (κ1) is 6.42. The van der Waals surface area contributed by atoms with Gasteiger partial charge in [-0.2, -0.15) is 0 Å². The summed E-state index contributed by atoms with van der Waals surface area (Å²) in [5.74, 6) is 11.6. The van der Waals surface area contributed by atoms with Gasteiger partial charge in [-0.05, 0) is 23.7 Å². The summed E-state index contributed by atoms with van der Waals surface area (Å²) in [4.78, 5) is 0. The van der Waals surface area contributed by atoms with Gasteiger partial charge in [-0.15, -0.1) is 6.42 Å². The standard InChI is InChI=1S/C8H3/c1-3-5-7-8-6-4-2/h1H,2H2. The molecule has 1 radical (unpaired) electrons. The smallest absolute Gasteiger partial charge is 0.0334 e. The second-order valence-corrected chi connectivity index (χ2v) is 0.821. The maximum Gasteiger partial charge on any atom is 0.0334 e. The van der Waals surface area contributed by atoms with Gasteiger partial charge in [0.1, 0.15) is 0 Å². The van der Waals surface area contributed by atoms with Crippen LogP contribution in [0.5, 0.6) is 0 Å². The molecule has 0 rings (SSSR count). The van der Waals surface area contributed by atoms with Gasteiger partial charge in [-0.3, -0.25) is 0 Å². The lowest BCUT2D eigenvalue weighted by molar-refractivity contribution is 2.16. The molecule has 0 nitrogen and oxygen atoms in total. The zero-order chi connectivity index (χ0) is 6.24. The first-order valence-corrected chi connectivity index (χ1v) is 1.89. The third kappa shape index (κ3) is 4.42. The highest BCUT2D eigenvalue weighted by Crippen LogP contribution is 1.52. The van der Waals surface area contributed by atoms with Crippen molar-refractivity contribution in [3.63, 3.8) is 0 Å². The third-order valence-corrected chi connectivity index (χ3v) is 0.348. The van der Waals surface area contributed by atoms with Crippen molar-refractivity contribution >= 4 is 0 Å². The first-order valence-electron chi connectivity index (χ1n) is 1.89. The van der Waals surface area contributed by atoms with E-state index in [-0.39, 0.29) is 0 Å². The number of hydrogen-bond acceptors (Lipinski definition) is 0. The molecular formula is C8H3. The van der Waals surface area contributed by atoms with Crippen molar-refractivity contribution in [2.45, 2.75) is 0 Å². The Balaban J connectivity index is 3.79. The Labute approximate surface area is 49.6 Å². The summed E-state index contributed by atoms with van der Waals surface area (Å²) in [6, 6.07) is 0. The van der Waals surface area contributed by atoms with E-state index >= 15 is 0 Å². The number of terminal acetylenes is 1. The molecule has 8 heavy (non-hydrogen) atoms. The van der Waals surface area contributed by atoms with E-state index in [1.165, 1.54) is 0 Å². The minimum atomic E-state index is 2.11. The van der Waals surface area contributed by atoms with Crippen molar-refractivity contribution in [1.29, 1.82) is 0 Å². The fourth-order valence-corrected chi connectivity index (χ4v) is 0.143. The Kier molecular flexibility index (Phi) is 4.35. The van der Waals surface area contributed by atoms with Gasteiger partial charge >= 0.3 is 0 Å². The lowest BCUT2D eigenvalue weighted by Crippen LogP contribution is -1.48. The van der Waals surface area contributed by atoms with Crippen LogP contribution in [0.15, 0.2) is 6.58 Å². The molecule has 0 aliphatic carbocycles. The van der Waals surface area contributed by atoms with E-state index in [1.54, 1.807) is 0 Å².